The number of aliphatic carboxylic acids is 1. The molecule has 3 rings (SSSR count). The number of carboxylic acid groups (broad SMARTS) is 1. The highest BCUT2D eigenvalue weighted by molar-refractivity contribution is 6.99. The fraction of sp³-hybridized carbons (Fsp3) is 0.500. The number of carboxylic acids is 1. The maximum Gasteiger partial charge on any atom is 0.303 e. The van der Waals surface area contributed by atoms with Crippen LogP contribution in [0.3, 0.4) is 0 Å². The summed E-state index contributed by atoms with van der Waals surface area (Å²) in [6, 6.07) is 21.7. The van der Waals surface area contributed by atoms with Crippen molar-refractivity contribution in [2.75, 3.05) is 0 Å². The minimum atomic E-state index is -2.51. The van der Waals surface area contributed by atoms with Crippen molar-refractivity contribution >= 4 is 24.7 Å². The lowest BCUT2D eigenvalue weighted by Gasteiger charge is -2.46. The number of carbonyl (C=O) groups is 1. The predicted molar refractivity (Wildman–Crippen MR) is 126 cm³/mol. The Morgan fingerprint density at radius 2 is 1.57 bits per heavy atom. The highest BCUT2D eigenvalue weighted by Gasteiger charge is 2.51. The van der Waals surface area contributed by atoms with Crippen molar-refractivity contribution in [2.24, 2.45) is 5.92 Å². The fourth-order valence-electron chi connectivity index (χ4n) is 5.09. The molecule has 1 saturated carbocycles. The van der Waals surface area contributed by atoms with Crippen molar-refractivity contribution in [3.05, 3.63) is 60.7 Å². The third-order valence-corrected chi connectivity index (χ3v) is 11.6. The summed E-state index contributed by atoms with van der Waals surface area (Å²) >= 11 is 0. The Bertz CT molecular complexity index is 759. The maximum absolute atomic E-state index is 10.9. The van der Waals surface area contributed by atoms with Crippen LogP contribution in [-0.2, 0) is 9.22 Å². The number of hydrogen-bond donors (Lipinski definition) is 1. The molecule has 1 N–H and O–H groups in total. The van der Waals surface area contributed by atoms with Crippen LogP contribution >= 0.6 is 0 Å². The average Bonchev–Trinajstić information content (AvgIpc) is 2.72. The van der Waals surface area contributed by atoms with E-state index in [1.54, 1.807) is 0 Å². The minimum Gasteiger partial charge on any atom is -0.481 e. The van der Waals surface area contributed by atoms with E-state index in [4.69, 9.17) is 9.53 Å². The first-order valence-corrected chi connectivity index (χ1v) is 13.2. The quantitative estimate of drug-likeness (QED) is 0.579. The summed E-state index contributed by atoms with van der Waals surface area (Å²) < 4.78 is 7.30. The lowest BCUT2D eigenvalue weighted by molar-refractivity contribution is -0.137. The molecule has 0 bridgehead atoms. The van der Waals surface area contributed by atoms with Gasteiger partial charge in [0.15, 0.2) is 0 Å². The zero-order valence-electron chi connectivity index (χ0n) is 18.6. The van der Waals surface area contributed by atoms with E-state index in [1.165, 1.54) is 23.2 Å². The van der Waals surface area contributed by atoms with Crippen LogP contribution in [0.5, 0.6) is 0 Å². The summed E-state index contributed by atoms with van der Waals surface area (Å²) in [5, 5.41) is 11.6. The molecule has 30 heavy (non-hydrogen) atoms. The van der Waals surface area contributed by atoms with E-state index < -0.39 is 14.3 Å². The van der Waals surface area contributed by atoms with Gasteiger partial charge in [0.05, 0.1) is 0 Å². The molecule has 2 aromatic rings. The Hall–Kier alpha value is -1.91. The van der Waals surface area contributed by atoms with Crippen LogP contribution < -0.4 is 10.4 Å². The molecule has 162 valence electrons. The van der Waals surface area contributed by atoms with Crippen LogP contribution in [0.15, 0.2) is 60.7 Å². The number of rotatable bonds is 8. The van der Waals surface area contributed by atoms with E-state index in [0.29, 0.717) is 5.92 Å². The highest BCUT2D eigenvalue weighted by Crippen LogP contribution is 2.40. The van der Waals surface area contributed by atoms with E-state index in [2.05, 4.69) is 81.4 Å². The van der Waals surface area contributed by atoms with Crippen molar-refractivity contribution in [3.8, 4) is 0 Å². The van der Waals surface area contributed by atoms with Crippen molar-refractivity contribution in [1.29, 1.82) is 0 Å². The second kappa shape index (κ2) is 9.93. The summed E-state index contributed by atoms with van der Waals surface area (Å²) in [6.45, 7) is 6.98. The molecule has 4 heteroatoms. The maximum atomic E-state index is 10.9. The van der Waals surface area contributed by atoms with E-state index in [0.717, 1.165) is 25.7 Å². The Morgan fingerprint density at radius 3 is 2.07 bits per heavy atom. The van der Waals surface area contributed by atoms with Gasteiger partial charge in [-0.05, 0) is 47.0 Å². The van der Waals surface area contributed by atoms with Crippen LogP contribution in [-0.4, -0.2) is 25.5 Å². The van der Waals surface area contributed by atoms with Gasteiger partial charge in [0, 0.05) is 12.5 Å². The molecule has 0 amide bonds. The molecule has 0 aliphatic heterocycles. The van der Waals surface area contributed by atoms with Crippen LogP contribution in [0.25, 0.3) is 0 Å². The molecule has 3 nitrogen and oxygen atoms in total. The Labute approximate surface area is 182 Å². The van der Waals surface area contributed by atoms with Gasteiger partial charge in [-0.3, -0.25) is 4.79 Å². The van der Waals surface area contributed by atoms with Crippen molar-refractivity contribution < 1.29 is 14.3 Å². The van der Waals surface area contributed by atoms with Gasteiger partial charge >= 0.3 is 5.97 Å². The topological polar surface area (TPSA) is 46.5 Å². The van der Waals surface area contributed by atoms with E-state index in [-0.39, 0.29) is 17.6 Å². The van der Waals surface area contributed by atoms with Crippen LogP contribution in [0.1, 0.15) is 65.7 Å². The minimum absolute atomic E-state index is 0.00798. The average molecular weight is 425 g/mol. The molecule has 2 atom stereocenters. The van der Waals surface area contributed by atoms with Gasteiger partial charge in [-0.15, -0.1) is 0 Å². The summed E-state index contributed by atoms with van der Waals surface area (Å²) in [5.41, 5.74) is 0. The second-order valence-electron chi connectivity index (χ2n) is 9.72. The first-order valence-electron chi connectivity index (χ1n) is 11.3. The van der Waals surface area contributed by atoms with Crippen molar-refractivity contribution in [1.82, 2.24) is 0 Å². The van der Waals surface area contributed by atoms with E-state index in [9.17, 15) is 4.79 Å². The molecule has 0 spiro atoms. The van der Waals surface area contributed by atoms with Gasteiger partial charge in [0.25, 0.3) is 8.32 Å². The highest BCUT2D eigenvalue weighted by atomic mass is 28.4. The molecule has 1 fully saturated rings. The Morgan fingerprint density at radius 1 is 1.00 bits per heavy atom. The van der Waals surface area contributed by atoms with Gasteiger partial charge in [-0.1, -0.05) is 94.3 Å². The summed E-state index contributed by atoms with van der Waals surface area (Å²) in [6.07, 6.45) is 6.78. The first kappa shape index (κ1) is 22.8. The molecular weight excluding hydrogens is 388 g/mol. The summed E-state index contributed by atoms with van der Waals surface area (Å²) in [7, 11) is -2.51. The summed E-state index contributed by atoms with van der Waals surface area (Å²) in [5.74, 6) is -0.118. The van der Waals surface area contributed by atoms with Crippen LogP contribution in [0.4, 0.5) is 0 Å². The van der Waals surface area contributed by atoms with Crippen molar-refractivity contribution in [2.45, 2.75) is 76.9 Å². The first-order chi connectivity index (χ1) is 14.3. The number of benzene rings is 2. The lowest BCUT2D eigenvalue weighted by atomic mass is 9.84. The molecule has 2 aromatic carbocycles. The van der Waals surface area contributed by atoms with E-state index >= 15 is 0 Å². The molecule has 0 aromatic heterocycles. The molecular formula is C26H36O3Si. The third-order valence-electron chi connectivity index (χ3n) is 6.50. The third kappa shape index (κ3) is 5.22. The Balaban J connectivity index is 1.90. The molecule has 0 saturated heterocycles. The van der Waals surface area contributed by atoms with E-state index in [1.807, 2.05) is 0 Å². The molecule has 1 aliphatic carbocycles. The van der Waals surface area contributed by atoms with Gasteiger partial charge < -0.3 is 9.53 Å². The summed E-state index contributed by atoms with van der Waals surface area (Å²) in [4.78, 5) is 10.9. The van der Waals surface area contributed by atoms with Gasteiger partial charge in [-0.25, -0.2) is 0 Å². The second-order valence-corrected chi connectivity index (χ2v) is 14.0. The molecule has 2 unspecified atom stereocenters. The SMILES string of the molecule is CC(C)(C)[Si](OC1CCCC(CCCC(=O)O)C1)(c1ccccc1)c1ccccc1. The van der Waals surface area contributed by atoms with Crippen molar-refractivity contribution in [3.63, 3.8) is 0 Å². The van der Waals surface area contributed by atoms with Gasteiger partial charge in [-0.2, -0.15) is 0 Å². The zero-order chi connectivity index (χ0) is 21.6. The molecule has 0 radical (unpaired) electrons. The van der Waals surface area contributed by atoms with Gasteiger partial charge in [0.2, 0.25) is 0 Å². The van der Waals surface area contributed by atoms with Crippen LogP contribution in [0, 0.1) is 5.92 Å². The fourth-order valence-corrected chi connectivity index (χ4v) is 9.82. The zero-order valence-corrected chi connectivity index (χ0v) is 19.6. The largest absolute Gasteiger partial charge is 0.481 e. The van der Waals surface area contributed by atoms with Gasteiger partial charge in [0.1, 0.15) is 0 Å². The predicted octanol–water partition coefficient (Wildman–Crippen LogP) is 5.38. The molecule has 0 heterocycles. The normalized spacial score (nSPS) is 20.1. The monoisotopic (exact) mass is 424 g/mol. The lowest BCUT2D eigenvalue weighted by Crippen LogP contribution is -2.67. The smallest absolute Gasteiger partial charge is 0.303 e. The standard InChI is InChI=1S/C26H36O3Si/c1-26(2,3)30(23-15-6-4-7-16-23,24-17-8-5-9-18-24)29-22-14-10-12-21(20-22)13-11-19-25(27)28/h4-9,15-18,21-22H,10-14,19-20H2,1-3H3,(H,27,28). The number of hydrogen-bond acceptors (Lipinski definition) is 2. The Kier molecular flexibility index (Phi) is 7.53. The van der Waals surface area contributed by atoms with Crippen LogP contribution in [0.2, 0.25) is 5.04 Å². The molecule has 1 aliphatic rings.